The largest absolute Gasteiger partial charge is 0.388 e. The summed E-state index contributed by atoms with van der Waals surface area (Å²) in [4.78, 5) is 0. The van der Waals surface area contributed by atoms with Gasteiger partial charge in [0.1, 0.15) is 12.4 Å². The van der Waals surface area contributed by atoms with Gasteiger partial charge in [-0.05, 0) is 6.92 Å². The minimum absolute atomic E-state index is 0.0486. The second kappa shape index (κ2) is 3.40. The van der Waals surface area contributed by atoms with Crippen LogP contribution in [0.25, 0.3) is 0 Å². The average Bonchev–Trinajstić information content (AvgIpc) is 1.84. The van der Waals surface area contributed by atoms with Gasteiger partial charge in [-0.3, -0.25) is 10.4 Å². The highest BCUT2D eigenvalue weighted by Crippen LogP contribution is 1.75. The first kappa shape index (κ1) is 7.39. The van der Waals surface area contributed by atoms with Crippen LogP contribution in [0.1, 0.15) is 6.92 Å². The summed E-state index contributed by atoms with van der Waals surface area (Å²) in [7, 11) is 0. The van der Waals surface area contributed by atoms with Crippen LogP contribution in [0.3, 0.4) is 0 Å². The summed E-state index contributed by atoms with van der Waals surface area (Å²) in [6, 6.07) is 0. The lowest BCUT2D eigenvalue weighted by Gasteiger charge is -2.13. The predicted molar refractivity (Wildman–Crippen MR) is 31.4 cm³/mol. The van der Waals surface area contributed by atoms with E-state index in [1.807, 2.05) is 6.92 Å². The zero-order chi connectivity index (χ0) is 6.57. The molecule has 0 amide bonds. The van der Waals surface area contributed by atoms with Crippen LogP contribution in [0.4, 0.5) is 0 Å². The van der Waals surface area contributed by atoms with Gasteiger partial charge in [0.15, 0.2) is 0 Å². The van der Waals surface area contributed by atoms with Gasteiger partial charge in [0.25, 0.3) is 0 Å². The average molecular weight is 117 g/mol. The molecule has 0 bridgehead atoms. The Morgan fingerprint density at radius 1 is 1.88 bits per heavy atom. The van der Waals surface area contributed by atoms with Gasteiger partial charge in [0, 0.05) is 6.54 Å². The van der Waals surface area contributed by atoms with Crippen molar-refractivity contribution in [1.82, 2.24) is 5.01 Å². The minimum atomic E-state index is -0.287. The third-order valence-electron chi connectivity index (χ3n) is 0.837. The van der Waals surface area contributed by atoms with Gasteiger partial charge >= 0.3 is 0 Å². The summed E-state index contributed by atoms with van der Waals surface area (Å²) in [5.41, 5.74) is 0. The zero-order valence-electron chi connectivity index (χ0n) is 4.89. The van der Waals surface area contributed by atoms with Gasteiger partial charge in [0.05, 0.1) is 0 Å². The van der Waals surface area contributed by atoms with Crippen LogP contribution in [0.15, 0.2) is 0 Å². The van der Waals surface area contributed by atoms with Crippen LogP contribution in [0, 0.1) is 5.41 Å². The Morgan fingerprint density at radius 3 is 2.50 bits per heavy atom. The van der Waals surface area contributed by atoms with E-state index in [4.69, 9.17) is 16.4 Å². The smallest absolute Gasteiger partial charge is 0.136 e. The standard InChI is InChI=1S/C4H11N3O/c1-2-7(6)4(5)3-8/h5,8H,2-3,6H2,1H3. The van der Waals surface area contributed by atoms with Crippen molar-refractivity contribution >= 4 is 5.84 Å². The van der Waals surface area contributed by atoms with Crippen LogP contribution in [0.2, 0.25) is 0 Å². The maximum Gasteiger partial charge on any atom is 0.136 e. The van der Waals surface area contributed by atoms with Crippen molar-refractivity contribution in [2.75, 3.05) is 13.2 Å². The van der Waals surface area contributed by atoms with Crippen molar-refractivity contribution in [3.05, 3.63) is 0 Å². The van der Waals surface area contributed by atoms with Crippen molar-refractivity contribution in [2.45, 2.75) is 6.92 Å². The molecule has 0 fully saturated rings. The number of nitrogens with one attached hydrogen (secondary N) is 1. The lowest BCUT2D eigenvalue weighted by molar-refractivity contribution is 0.323. The first-order chi connectivity index (χ1) is 3.72. The van der Waals surface area contributed by atoms with Crippen LogP contribution in [0.5, 0.6) is 0 Å². The van der Waals surface area contributed by atoms with Crippen molar-refractivity contribution in [1.29, 1.82) is 5.41 Å². The molecule has 0 heterocycles. The Hall–Kier alpha value is -0.610. The lowest BCUT2D eigenvalue weighted by Crippen LogP contribution is -2.38. The van der Waals surface area contributed by atoms with E-state index in [0.29, 0.717) is 6.54 Å². The number of aliphatic hydroxyl groups is 1. The molecule has 4 heteroatoms. The Labute approximate surface area is 48.4 Å². The summed E-state index contributed by atoms with van der Waals surface area (Å²) < 4.78 is 0. The first-order valence-corrected chi connectivity index (χ1v) is 2.42. The summed E-state index contributed by atoms with van der Waals surface area (Å²) in [6.45, 7) is 2.08. The van der Waals surface area contributed by atoms with Crippen LogP contribution in [-0.4, -0.2) is 29.1 Å². The summed E-state index contributed by atoms with van der Waals surface area (Å²) in [5.74, 6) is 5.22. The molecular formula is C4H11N3O. The van der Waals surface area contributed by atoms with Gasteiger partial charge < -0.3 is 5.11 Å². The van der Waals surface area contributed by atoms with E-state index < -0.39 is 0 Å². The van der Waals surface area contributed by atoms with Crippen LogP contribution >= 0.6 is 0 Å². The zero-order valence-corrected chi connectivity index (χ0v) is 4.89. The monoisotopic (exact) mass is 117 g/mol. The second-order valence-electron chi connectivity index (χ2n) is 1.39. The van der Waals surface area contributed by atoms with Gasteiger partial charge in [-0.2, -0.15) is 0 Å². The van der Waals surface area contributed by atoms with E-state index in [9.17, 15) is 0 Å². The molecule has 0 aliphatic carbocycles. The SMILES string of the molecule is CCN(N)C(=N)CO. The Kier molecular flexibility index (Phi) is 3.14. The number of nitrogens with zero attached hydrogens (tertiary/aromatic N) is 1. The number of rotatable bonds is 2. The number of nitrogens with two attached hydrogens (primary N) is 1. The number of likely N-dealkylation sites (N-methyl/N-ethyl adjacent to an activating group) is 1. The van der Waals surface area contributed by atoms with Crippen molar-refractivity contribution in [3.63, 3.8) is 0 Å². The van der Waals surface area contributed by atoms with E-state index in [2.05, 4.69) is 0 Å². The quantitative estimate of drug-likeness (QED) is 0.191. The molecule has 0 aromatic heterocycles. The second-order valence-corrected chi connectivity index (χ2v) is 1.39. The fourth-order valence-corrected chi connectivity index (χ4v) is 0.282. The summed E-state index contributed by atoms with van der Waals surface area (Å²) in [6.07, 6.45) is 0. The number of hydrogen-bond acceptors (Lipinski definition) is 3. The van der Waals surface area contributed by atoms with Gasteiger partial charge in [0.2, 0.25) is 0 Å². The molecule has 0 saturated carbocycles. The minimum Gasteiger partial charge on any atom is -0.388 e. The highest BCUT2D eigenvalue weighted by molar-refractivity contribution is 5.79. The molecule has 0 atom stereocenters. The van der Waals surface area contributed by atoms with E-state index >= 15 is 0 Å². The normalized spacial score (nSPS) is 8.88. The van der Waals surface area contributed by atoms with Gasteiger partial charge in [-0.25, -0.2) is 5.84 Å². The maximum atomic E-state index is 8.29. The molecule has 0 rings (SSSR count). The molecule has 0 saturated heterocycles. The Morgan fingerprint density at radius 2 is 2.38 bits per heavy atom. The molecule has 48 valence electrons. The molecular weight excluding hydrogens is 106 g/mol. The molecule has 0 aliphatic rings. The molecule has 0 unspecified atom stereocenters. The van der Waals surface area contributed by atoms with E-state index in [1.165, 1.54) is 5.01 Å². The lowest BCUT2D eigenvalue weighted by atomic mass is 10.6. The molecule has 0 aliphatic heterocycles. The number of hydrogen-bond donors (Lipinski definition) is 3. The van der Waals surface area contributed by atoms with E-state index in [1.54, 1.807) is 0 Å². The summed E-state index contributed by atoms with van der Waals surface area (Å²) in [5, 5.41) is 16.4. The predicted octanol–water partition coefficient (Wildman–Crippen LogP) is -0.848. The van der Waals surface area contributed by atoms with Crippen LogP contribution < -0.4 is 5.84 Å². The molecule has 4 N–H and O–H groups in total. The van der Waals surface area contributed by atoms with Crippen molar-refractivity contribution < 1.29 is 5.11 Å². The van der Waals surface area contributed by atoms with Crippen LogP contribution in [-0.2, 0) is 0 Å². The Balaban J connectivity index is 3.46. The molecule has 8 heavy (non-hydrogen) atoms. The van der Waals surface area contributed by atoms with E-state index in [-0.39, 0.29) is 12.4 Å². The summed E-state index contributed by atoms with van der Waals surface area (Å²) >= 11 is 0. The fourth-order valence-electron chi connectivity index (χ4n) is 0.282. The number of amidine groups is 1. The Bertz CT molecular complexity index is 83.4. The first-order valence-electron chi connectivity index (χ1n) is 2.42. The molecule has 0 radical (unpaired) electrons. The third-order valence-corrected chi connectivity index (χ3v) is 0.837. The highest BCUT2D eigenvalue weighted by Gasteiger charge is 1.96. The maximum absolute atomic E-state index is 8.29. The number of hydrazine groups is 1. The molecule has 0 spiro atoms. The van der Waals surface area contributed by atoms with Gasteiger partial charge in [-0.15, -0.1) is 0 Å². The fraction of sp³-hybridized carbons (Fsp3) is 0.750. The number of aliphatic hydroxyl groups excluding tert-OH is 1. The van der Waals surface area contributed by atoms with Crippen molar-refractivity contribution in [2.24, 2.45) is 5.84 Å². The third kappa shape index (κ3) is 1.90. The molecule has 4 nitrogen and oxygen atoms in total. The topological polar surface area (TPSA) is 73.3 Å². The molecule has 0 aromatic rings. The van der Waals surface area contributed by atoms with Crippen molar-refractivity contribution in [3.8, 4) is 0 Å². The van der Waals surface area contributed by atoms with E-state index in [0.717, 1.165) is 0 Å². The van der Waals surface area contributed by atoms with Gasteiger partial charge in [-0.1, -0.05) is 0 Å². The molecule has 0 aromatic carbocycles. The highest BCUT2D eigenvalue weighted by atomic mass is 16.3.